The smallest absolute Gasteiger partial charge is 0.268 e. The van der Waals surface area contributed by atoms with Gasteiger partial charge in [0, 0.05) is 13.2 Å². The van der Waals surface area contributed by atoms with Crippen molar-refractivity contribution in [2.75, 3.05) is 0 Å². The minimum atomic E-state index is -4.21. The third-order valence-electron chi connectivity index (χ3n) is 3.72. The van der Waals surface area contributed by atoms with Crippen LogP contribution in [0.4, 0.5) is 0 Å². The normalized spacial score (nSPS) is 11.3. The Kier molecular flexibility index (Phi) is 4.71. The maximum absolute atomic E-state index is 12.4. The van der Waals surface area contributed by atoms with Crippen LogP contribution in [0.5, 0.6) is 0 Å². The molecule has 0 radical (unpaired) electrons. The van der Waals surface area contributed by atoms with Crippen molar-refractivity contribution in [3.63, 3.8) is 0 Å². The van der Waals surface area contributed by atoms with Crippen molar-refractivity contribution in [1.82, 2.24) is 14.1 Å². The number of hydrogen-bond donors (Lipinski definition) is 1. The van der Waals surface area contributed by atoms with Gasteiger partial charge >= 0.3 is 0 Å². The molecule has 0 spiro atoms. The summed E-state index contributed by atoms with van der Waals surface area (Å²) in [7, 11) is -2.73. The summed E-state index contributed by atoms with van der Waals surface area (Å²) in [4.78, 5) is 24.5. The van der Waals surface area contributed by atoms with Gasteiger partial charge in [0.2, 0.25) is 0 Å². The van der Waals surface area contributed by atoms with E-state index < -0.39 is 21.5 Å². The average Bonchev–Trinajstić information content (AvgIpc) is 2.91. The van der Waals surface area contributed by atoms with Crippen molar-refractivity contribution in [3.8, 4) is 5.69 Å². The van der Waals surface area contributed by atoms with Gasteiger partial charge in [0.05, 0.1) is 10.7 Å². The van der Waals surface area contributed by atoms with Gasteiger partial charge in [-0.3, -0.25) is 14.3 Å². The van der Waals surface area contributed by atoms with Crippen molar-refractivity contribution < 1.29 is 13.2 Å². The first-order valence-electron chi connectivity index (χ1n) is 7.47. The van der Waals surface area contributed by atoms with Gasteiger partial charge in [0.25, 0.3) is 21.5 Å². The molecule has 9 heteroatoms. The molecule has 3 rings (SSSR count). The molecule has 2 aromatic carbocycles. The number of hydrogen-bond acceptors (Lipinski definition) is 4. The molecule has 1 aromatic heterocycles. The summed E-state index contributed by atoms with van der Waals surface area (Å²) in [6, 6.07) is 14.6. The molecular formula is C17H14ClN3O4S. The number of nitrogens with one attached hydrogen (secondary N) is 1. The lowest BCUT2D eigenvalue weighted by atomic mass is 10.3. The van der Waals surface area contributed by atoms with Crippen LogP contribution in [0, 0.1) is 0 Å². The zero-order valence-corrected chi connectivity index (χ0v) is 15.2. The van der Waals surface area contributed by atoms with Gasteiger partial charge in [-0.25, -0.2) is 17.8 Å². The maximum Gasteiger partial charge on any atom is 0.279 e. The summed E-state index contributed by atoms with van der Waals surface area (Å²) in [6.45, 7) is 0. The van der Waals surface area contributed by atoms with E-state index in [0.29, 0.717) is 5.69 Å². The van der Waals surface area contributed by atoms with Crippen LogP contribution in [0.15, 0.2) is 70.5 Å². The number of benzene rings is 2. The van der Waals surface area contributed by atoms with Crippen LogP contribution in [0.1, 0.15) is 10.4 Å². The lowest BCUT2D eigenvalue weighted by Crippen LogP contribution is -2.34. The van der Waals surface area contributed by atoms with Crippen molar-refractivity contribution >= 4 is 27.5 Å². The number of rotatable bonds is 4. The number of nitrogens with zero attached hydrogens (tertiary/aromatic N) is 2. The molecule has 134 valence electrons. The zero-order valence-electron chi connectivity index (χ0n) is 13.6. The maximum atomic E-state index is 12.4. The number of carbonyl (C=O) groups excluding carboxylic acids is 1. The Hall–Kier alpha value is -2.84. The molecule has 0 bridgehead atoms. The Morgan fingerprint density at radius 1 is 1.04 bits per heavy atom. The lowest BCUT2D eigenvalue weighted by Gasteiger charge is -2.07. The molecule has 0 fully saturated rings. The van der Waals surface area contributed by atoms with E-state index in [1.807, 2.05) is 10.8 Å². The van der Waals surface area contributed by atoms with Crippen molar-refractivity contribution in [2.24, 2.45) is 7.05 Å². The van der Waals surface area contributed by atoms with E-state index in [4.69, 9.17) is 11.6 Å². The van der Waals surface area contributed by atoms with Crippen LogP contribution in [0.25, 0.3) is 5.69 Å². The highest BCUT2D eigenvalue weighted by Gasteiger charge is 2.24. The summed E-state index contributed by atoms with van der Waals surface area (Å²) in [6.07, 6.45) is 1.29. The summed E-state index contributed by atoms with van der Waals surface area (Å²) >= 11 is 5.88. The molecule has 7 nitrogen and oxygen atoms in total. The predicted octanol–water partition coefficient (Wildman–Crippen LogP) is 1.95. The highest BCUT2D eigenvalue weighted by molar-refractivity contribution is 7.90. The van der Waals surface area contributed by atoms with Gasteiger partial charge in [0.1, 0.15) is 10.5 Å². The minimum Gasteiger partial charge on any atom is -0.268 e. The van der Waals surface area contributed by atoms with E-state index >= 15 is 0 Å². The molecule has 0 aliphatic rings. The third kappa shape index (κ3) is 3.29. The fourth-order valence-corrected chi connectivity index (χ4v) is 3.90. The second kappa shape index (κ2) is 6.81. The summed E-state index contributed by atoms with van der Waals surface area (Å²) in [5.41, 5.74) is -0.271. The molecule has 0 saturated heterocycles. The van der Waals surface area contributed by atoms with E-state index in [0.717, 1.165) is 0 Å². The van der Waals surface area contributed by atoms with E-state index in [9.17, 15) is 18.0 Å². The monoisotopic (exact) mass is 391 g/mol. The number of para-hydroxylation sites is 1. The predicted molar refractivity (Wildman–Crippen MR) is 97.1 cm³/mol. The zero-order chi connectivity index (χ0) is 18.9. The van der Waals surface area contributed by atoms with Crippen molar-refractivity contribution in [2.45, 2.75) is 4.90 Å². The Bertz CT molecular complexity index is 1130. The first kappa shape index (κ1) is 18.0. The van der Waals surface area contributed by atoms with Gasteiger partial charge in [0.15, 0.2) is 0 Å². The number of sulfonamides is 1. The van der Waals surface area contributed by atoms with Crippen LogP contribution in [-0.4, -0.2) is 23.7 Å². The van der Waals surface area contributed by atoms with Gasteiger partial charge in [-0.05, 0) is 24.3 Å². The van der Waals surface area contributed by atoms with Crippen molar-refractivity contribution in [1.29, 1.82) is 0 Å². The van der Waals surface area contributed by atoms with Crippen LogP contribution < -0.4 is 10.3 Å². The topological polar surface area (TPSA) is 90.2 Å². The third-order valence-corrected chi connectivity index (χ3v) is 5.55. The Labute approximate surface area is 154 Å². The van der Waals surface area contributed by atoms with Crippen LogP contribution in [-0.2, 0) is 17.1 Å². The highest BCUT2D eigenvalue weighted by atomic mass is 35.5. The summed E-state index contributed by atoms with van der Waals surface area (Å²) < 4.78 is 29.3. The average molecular weight is 392 g/mol. The number of aromatic nitrogens is 2. The molecule has 0 aliphatic carbocycles. The molecule has 0 aliphatic heterocycles. The minimum absolute atomic E-state index is 0.0254. The van der Waals surface area contributed by atoms with E-state index in [1.54, 1.807) is 30.3 Å². The SMILES string of the molecule is Cn1c(=O)c(C(=O)NS(=O)(=O)c2ccccc2Cl)cn1-c1ccccc1. The van der Waals surface area contributed by atoms with Crippen LogP contribution in [0.3, 0.4) is 0 Å². The molecule has 0 saturated carbocycles. The van der Waals surface area contributed by atoms with Gasteiger partial charge in [-0.2, -0.15) is 0 Å². The first-order valence-corrected chi connectivity index (χ1v) is 9.33. The molecule has 0 atom stereocenters. The Morgan fingerprint density at radius 3 is 2.31 bits per heavy atom. The highest BCUT2D eigenvalue weighted by Crippen LogP contribution is 2.20. The van der Waals surface area contributed by atoms with E-state index in [-0.39, 0.29) is 15.5 Å². The number of amides is 1. The lowest BCUT2D eigenvalue weighted by molar-refractivity contribution is 0.0980. The largest absolute Gasteiger partial charge is 0.279 e. The fraction of sp³-hybridized carbons (Fsp3) is 0.0588. The Balaban J connectivity index is 1.97. The van der Waals surface area contributed by atoms with Gasteiger partial charge in [-0.15, -0.1) is 0 Å². The molecule has 3 aromatic rings. The molecule has 26 heavy (non-hydrogen) atoms. The second-order valence-electron chi connectivity index (χ2n) is 5.42. The van der Waals surface area contributed by atoms with Crippen molar-refractivity contribution in [3.05, 3.63) is 81.7 Å². The van der Waals surface area contributed by atoms with E-state index in [1.165, 1.54) is 40.8 Å². The van der Waals surface area contributed by atoms with E-state index in [2.05, 4.69) is 0 Å². The van der Waals surface area contributed by atoms with Gasteiger partial charge in [-0.1, -0.05) is 41.9 Å². The van der Waals surface area contributed by atoms with Crippen LogP contribution >= 0.6 is 11.6 Å². The van der Waals surface area contributed by atoms with Gasteiger partial charge < -0.3 is 0 Å². The molecule has 1 heterocycles. The molecular weight excluding hydrogens is 378 g/mol. The summed E-state index contributed by atoms with van der Waals surface area (Å²) in [5.74, 6) is -1.03. The fourth-order valence-electron chi connectivity index (χ4n) is 2.42. The second-order valence-corrected chi connectivity index (χ2v) is 7.47. The summed E-state index contributed by atoms with van der Waals surface area (Å²) in [5, 5.41) is -0.0254. The number of halogens is 1. The first-order chi connectivity index (χ1) is 12.3. The molecule has 1 N–H and O–H groups in total. The Morgan fingerprint density at radius 2 is 1.65 bits per heavy atom. The molecule has 0 unspecified atom stereocenters. The van der Waals surface area contributed by atoms with Crippen LogP contribution in [0.2, 0.25) is 5.02 Å². The standard InChI is InChI=1S/C17H14ClN3O4S/c1-20-17(23)13(11-21(20)12-7-3-2-4-8-12)16(22)19-26(24,25)15-10-6-5-9-14(15)18/h2-11H,1H3,(H,19,22). The molecule has 1 amide bonds. The quantitative estimate of drug-likeness (QED) is 0.736. The number of carbonyl (C=O) groups is 1.